The lowest BCUT2D eigenvalue weighted by atomic mass is 10.0. The molecule has 3 aromatic heterocycles. The Balaban J connectivity index is 1.50. The molecule has 8 heteroatoms. The average molecular weight is 467 g/mol. The van der Waals surface area contributed by atoms with Gasteiger partial charge in [0.2, 0.25) is 5.91 Å². The van der Waals surface area contributed by atoms with Gasteiger partial charge in [0.05, 0.1) is 23.7 Å². The number of carbonyl (C=O) groups is 1. The molecule has 0 saturated heterocycles. The Bertz CT molecular complexity index is 1170. The van der Waals surface area contributed by atoms with Crippen molar-refractivity contribution in [1.29, 1.82) is 0 Å². The molecule has 0 spiro atoms. The van der Waals surface area contributed by atoms with Crippen molar-refractivity contribution in [1.82, 2.24) is 19.7 Å². The number of nitrogens with one attached hydrogen (secondary N) is 1. The molecule has 0 aliphatic heterocycles. The van der Waals surface area contributed by atoms with E-state index in [0.29, 0.717) is 0 Å². The highest BCUT2D eigenvalue weighted by Crippen LogP contribution is 2.26. The van der Waals surface area contributed by atoms with Gasteiger partial charge in [0.1, 0.15) is 11.6 Å². The third-order valence-electron chi connectivity index (χ3n) is 5.11. The first kappa shape index (κ1) is 22.2. The molecular formula is C24H26N4O2S2. The van der Waals surface area contributed by atoms with E-state index >= 15 is 0 Å². The highest BCUT2D eigenvalue weighted by molar-refractivity contribution is 7.84. The minimum atomic E-state index is -1.37. The van der Waals surface area contributed by atoms with Crippen LogP contribution in [0.1, 0.15) is 30.3 Å². The number of rotatable bonds is 9. The molecule has 0 unspecified atom stereocenters. The minimum absolute atomic E-state index is 0.0454. The molecule has 4 aromatic rings. The van der Waals surface area contributed by atoms with Crippen molar-refractivity contribution in [2.75, 3.05) is 5.75 Å². The van der Waals surface area contributed by atoms with Crippen molar-refractivity contribution in [3.63, 3.8) is 0 Å². The molecule has 6 nitrogen and oxygen atoms in total. The van der Waals surface area contributed by atoms with Crippen molar-refractivity contribution in [3.05, 3.63) is 89.0 Å². The summed E-state index contributed by atoms with van der Waals surface area (Å²) in [5.41, 5.74) is 1.75. The normalized spacial score (nSPS) is 13.2. The van der Waals surface area contributed by atoms with Gasteiger partial charge in [-0.2, -0.15) is 5.10 Å². The van der Waals surface area contributed by atoms with Gasteiger partial charge in [-0.05, 0) is 41.6 Å². The van der Waals surface area contributed by atoms with Gasteiger partial charge in [-0.25, -0.2) is 4.68 Å². The molecule has 1 N–H and O–H groups in total. The van der Waals surface area contributed by atoms with E-state index in [4.69, 9.17) is 0 Å². The van der Waals surface area contributed by atoms with Crippen LogP contribution in [0.4, 0.5) is 0 Å². The molecule has 166 valence electrons. The maximum absolute atomic E-state index is 12.9. The Labute approximate surface area is 194 Å². The van der Waals surface area contributed by atoms with Crippen molar-refractivity contribution >= 4 is 28.0 Å². The molecular weight excluding hydrogens is 440 g/mol. The van der Waals surface area contributed by atoms with Crippen LogP contribution in [-0.4, -0.2) is 30.2 Å². The van der Waals surface area contributed by atoms with Crippen LogP contribution in [0.3, 0.4) is 0 Å². The number of thiophene rings is 1. The van der Waals surface area contributed by atoms with E-state index in [9.17, 15) is 9.00 Å². The zero-order valence-electron chi connectivity index (χ0n) is 18.0. The fourth-order valence-electron chi connectivity index (χ4n) is 3.61. The molecule has 1 amide bonds. The Kier molecular flexibility index (Phi) is 7.02. The lowest BCUT2D eigenvalue weighted by Crippen LogP contribution is -2.34. The van der Waals surface area contributed by atoms with E-state index in [2.05, 4.69) is 24.3 Å². The maximum atomic E-state index is 12.9. The molecule has 0 radical (unpaired) electrons. The second-order valence-corrected chi connectivity index (χ2v) is 10.3. The lowest BCUT2D eigenvalue weighted by molar-refractivity contribution is -0.119. The Morgan fingerprint density at radius 2 is 1.84 bits per heavy atom. The largest absolute Gasteiger partial charge is 0.347 e. The van der Waals surface area contributed by atoms with Crippen LogP contribution in [0, 0.1) is 5.92 Å². The second kappa shape index (κ2) is 10.1. The summed E-state index contributed by atoms with van der Waals surface area (Å²) in [7, 11) is -1.37. The highest BCUT2D eigenvalue weighted by Gasteiger charge is 2.22. The first-order chi connectivity index (χ1) is 15.5. The van der Waals surface area contributed by atoms with Crippen LogP contribution in [0.5, 0.6) is 0 Å². The molecule has 4 rings (SSSR count). The van der Waals surface area contributed by atoms with Gasteiger partial charge in [-0.3, -0.25) is 9.00 Å². The quantitative estimate of drug-likeness (QED) is 0.395. The van der Waals surface area contributed by atoms with Crippen molar-refractivity contribution in [2.24, 2.45) is 5.92 Å². The molecule has 0 aliphatic carbocycles. The number of hydrogen-bond acceptors (Lipinski definition) is 4. The SMILES string of the molecule is CC(C)[C@@H](NC(=O)C[S@@](=O)Cc1cnn(-c2ccccc2)c1-n1cccc1)c1cccs1. The van der Waals surface area contributed by atoms with Gasteiger partial charge >= 0.3 is 0 Å². The monoisotopic (exact) mass is 466 g/mol. The first-order valence-corrected chi connectivity index (χ1v) is 12.8. The summed E-state index contributed by atoms with van der Waals surface area (Å²) in [4.78, 5) is 13.8. The number of benzene rings is 1. The molecule has 2 atom stereocenters. The van der Waals surface area contributed by atoms with Crippen LogP contribution in [0.15, 0.2) is 78.6 Å². The summed E-state index contributed by atoms with van der Waals surface area (Å²) in [6.07, 6.45) is 5.61. The Morgan fingerprint density at radius 3 is 2.50 bits per heavy atom. The summed E-state index contributed by atoms with van der Waals surface area (Å²) < 4.78 is 16.7. The zero-order chi connectivity index (χ0) is 22.5. The maximum Gasteiger partial charge on any atom is 0.233 e. The van der Waals surface area contributed by atoms with Crippen molar-refractivity contribution < 1.29 is 9.00 Å². The van der Waals surface area contributed by atoms with Gasteiger partial charge < -0.3 is 9.88 Å². The third-order valence-corrected chi connectivity index (χ3v) is 7.28. The van der Waals surface area contributed by atoms with E-state index in [1.54, 1.807) is 17.5 Å². The van der Waals surface area contributed by atoms with Gasteiger partial charge in [0.15, 0.2) is 0 Å². The van der Waals surface area contributed by atoms with Gasteiger partial charge in [-0.1, -0.05) is 38.1 Å². The fourth-order valence-corrected chi connectivity index (χ4v) is 5.58. The minimum Gasteiger partial charge on any atom is -0.347 e. The van der Waals surface area contributed by atoms with Crippen LogP contribution in [0.25, 0.3) is 11.5 Å². The molecule has 3 heterocycles. The van der Waals surface area contributed by atoms with E-state index in [0.717, 1.165) is 21.9 Å². The van der Waals surface area contributed by atoms with Crippen molar-refractivity contribution in [3.8, 4) is 11.5 Å². The van der Waals surface area contributed by atoms with Crippen molar-refractivity contribution in [2.45, 2.75) is 25.6 Å². The summed E-state index contributed by atoms with van der Waals surface area (Å²) >= 11 is 1.62. The lowest BCUT2D eigenvalue weighted by Gasteiger charge is -2.21. The van der Waals surface area contributed by atoms with E-state index in [1.807, 2.05) is 81.6 Å². The number of amides is 1. The summed E-state index contributed by atoms with van der Waals surface area (Å²) in [6, 6.07) is 17.6. The molecule has 0 bridgehead atoms. The number of nitrogens with zero attached hydrogens (tertiary/aromatic N) is 3. The first-order valence-electron chi connectivity index (χ1n) is 10.5. The van der Waals surface area contributed by atoms with E-state index in [-0.39, 0.29) is 29.4 Å². The zero-order valence-corrected chi connectivity index (χ0v) is 19.7. The predicted octanol–water partition coefficient (Wildman–Crippen LogP) is 4.49. The molecule has 0 saturated carbocycles. The van der Waals surface area contributed by atoms with Crippen LogP contribution in [-0.2, 0) is 21.3 Å². The predicted molar refractivity (Wildman–Crippen MR) is 130 cm³/mol. The van der Waals surface area contributed by atoms with Crippen LogP contribution >= 0.6 is 11.3 Å². The summed E-state index contributed by atoms with van der Waals surface area (Å²) in [5, 5.41) is 9.61. The Morgan fingerprint density at radius 1 is 1.09 bits per heavy atom. The average Bonchev–Trinajstić information content (AvgIpc) is 3.53. The standard InChI is InChI=1S/C24H26N4O2S2/c1-18(2)23(21-11-8-14-31-21)26-22(29)17-32(30)16-19-15-25-28(20-9-4-3-5-10-20)24(19)27-12-6-7-13-27/h3-15,18,23H,16-17H2,1-2H3,(H,26,29)/t23-,32+/m1/s1. The second-order valence-electron chi connectivity index (χ2n) is 7.86. The van der Waals surface area contributed by atoms with Gasteiger partial charge in [-0.15, -0.1) is 11.3 Å². The topological polar surface area (TPSA) is 68.9 Å². The van der Waals surface area contributed by atoms with E-state index < -0.39 is 10.8 Å². The highest BCUT2D eigenvalue weighted by atomic mass is 32.2. The van der Waals surface area contributed by atoms with Crippen LogP contribution in [0.2, 0.25) is 0 Å². The number of aromatic nitrogens is 3. The third kappa shape index (κ3) is 5.08. The molecule has 32 heavy (non-hydrogen) atoms. The van der Waals surface area contributed by atoms with Gasteiger partial charge in [0.25, 0.3) is 0 Å². The number of hydrogen-bond donors (Lipinski definition) is 1. The summed E-state index contributed by atoms with van der Waals surface area (Å²) in [5.74, 6) is 1.08. The fraction of sp³-hybridized carbons (Fsp3) is 0.250. The smallest absolute Gasteiger partial charge is 0.233 e. The summed E-state index contributed by atoms with van der Waals surface area (Å²) in [6.45, 7) is 4.14. The molecule has 0 fully saturated rings. The van der Waals surface area contributed by atoms with E-state index in [1.165, 1.54) is 0 Å². The molecule has 1 aromatic carbocycles. The molecule has 0 aliphatic rings. The van der Waals surface area contributed by atoms with Gasteiger partial charge in [0, 0.05) is 33.6 Å². The Hall–Kier alpha value is -2.97. The van der Waals surface area contributed by atoms with Crippen LogP contribution < -0.4 is 5.32 Å². The number of para-hydroxylation sites is 1. The number of carbonyl (C=O) groups excluding carboxylic acids is 1.